The van der Waals surface area contributed by atoms with Crippen LogP contribution >= 0.6 is 11.6 Å². The fourth-order valence-corrected chi connectivity index (χ4v) is 1.65. The molecule has 0 saturated carbocycles. The third-order valence-electron chi connectivity index (χ3n) is 2.20. The molecule has 0 aromatic carbocycles. The molecule has 0 aliphatic carbocycles. The van der Waals surface area contributed by atoms with Crippen LogP contribution in [0, 0.1) is 0 Å². The van der Waals surface area contributed by atoms with Crippen molar-refractivity contribution in [1.29, 1.82) is 0 Å². The first-order chi connectivity index (χ1) is 7.33. The molecule has 0 fully saturated rings. The molecule has 3 aromatic heterocycles. The summed E-state index contributed by atoms with van der Waals surface area (Å²) >= 11 is 5.88. The first-order valence-electron chi connectivity index (χ1n) is 4.51. The SMILES string of the molecule is Clc1ccn2cc(-c3ccco3)nc2c1. The zero-order valence-corrected chi connectivity index (χ0v) is 8.48. The highest BCUT2D eigenvalue weighted by molar-refractivity contribution is 6.30. The largest absolute Gasteiger partial charge is 0.463 e. The Balaban J connectivity index is 2.22. The molecule has 0 saturated heterocycles. The van der Waals surface area contributed by atoms with Gasteiger partial charge < -0.3 is 8.82 Å². The minimum atomic E-state index is 0.680. The van der Waals surface area contributed by atoms with Crippen molar-refractivity contribution in [2.45, 2.75) is 0 Å². The molecule has 3 nitrogen and oxygen atoms in total. The zero-order chi connectivity index (χ0) is 10.3. The van der Waals surface area contributed by atoms with Gasteiger partial charge in [-0.2, -0.15) is 0 Å². The van der Waals surface area contributed by atoms with Crippen molar-refractivity contribution in [3.8, 4) is 11.5 Å². The Hall–Kier alpha value is -1.74. The van der Waals surface area contributed by atoms with E-state index in [1.165, 1.54) is 0 Å². The van der Waals surface area contributed by atoms with E-state index in [2.05, 4.69) is 4.98 Å². The van der Waals surface area contributed by atoms with E-state index in [0.717, 1.165) is 17.1 Å². The van der Waals surface area contributed by atoms with Gasteiger partial charge in [0.15, 0.2) is 5.76 Å². The Morgan fingerprint density at radius 1 is 1.33 bits per heavy atom. The topological polar surface area (TPSA) is 30.4 Å². The van der Waals surface area contributed by atoms with Gasteiger partial charge in [0.05, 0.1) is 6.26 Å². The maximum atomic E-state index is 5.88. The van der Waals surface area contributed by atoms with Crippen LogP contribution in [0.4, 0.5) is 0 Å². The summed E-state index contributed by atoms with van der Waals surface area (Å²) in [5.74, 6) is 0.759. The predicted molar refractivity (Wildman–Crippen MR) is 57.9 cm³/mol. The highest BCUT2D eigenvalue weighted by Gasteiger charge is 2.06. The Kier molecular flexibility index (Phi) is 1.79. The van der Waals surface area contributed by atoms with Crippen LogP contribution in [0.2, 0.25) is 5.02 Å². The van der Waals surface area contributed by atoms with Gasteiger partial charge in [-0.1, -0.05) is 11.6 Å². The van der Waals surface area contributed by atoms with Crippen molar-refractivity contribution in [2.75, 3.05) is 0 Å². The van der Waals surface area contributed by atoms with Crippen molar-refractivity contribution in [1.82, 2.24) is 9.38 Å². The van der Waals surface area contributed by atoms with E-state index in [4.69, 9.17) is 16.0 Å². The lowest BCUT2D eigenvalue weighted by Crippen LogP contribution is -1.79. The Morgan fingerprint density at radius 3 is 3.07 bits per heavy atom. The minimum absolute atomic E-state index is 0.680. The first-order valence-corrected chi connectivity index (χ1v) is 4.89. The molecule has 0 aliphatic heterocycles. The van der Waals surface area contributed by atoms with E-state index in [1.807, 2.05) is 41.1 Å². The van der Waals surface area contributed by atoms with E-state index < -0.39 is 0 Å². The van der Waals surface area contributed by atoms with Crippen LogP contribution in [0.3, 0.4) is 0 Å². The number of furan rings is 1. The molecule has 0 N–H and O–H groups in total. The van der Waals surface area contributed by atoms with Crippen LogP contribution in [0.5, 0.6) is 0 Å². The molecule has 0 spiro atoms. The third kappa shape index (κ3) is 1.41. The van der Waals surface area contributed by atoms with Gasteiger partial charge in [-0.05, 0) is 18.2 Å². The quantitative estimate of drug-likeness (QED) is 0.628. The summed E-state index contributed by atoms with van der Waals surface area (Å²) in [6, 6.07) is 7.35. The predicted octanol–water partition coefficient (Wildman–Crippen LogP) is 3.25. The summed E-state index contributed by atoms with van der Waals surface area (Å²) in [4.78, 5) is 4.40. The highest BCUT2D eigenvalue weighted by Crippen LogP contribution is 2.20. The monoisotopic (exact) mass is 218 g/mol. The second-order valence-corrected chi connectivity index (χ2v) is 3.65. The maximum Gasteiger partial charge on any atom is 0.153 e. The lowest BCUT2D eigenvalue weighted by Gasteiger charge is -1.90. The molecule has 3 aromatic rings. The van der Waals surface area contributed by atoms with Crippen LogP contribution in [-0.4, -0.2) is 9.38 Å². The summed E-state index contributed by atoms with van der Waals surface area (Å²) in [5, 5.41) is 0.680. The van der Waals surface area contributed by atoms with Gasteiger partial charge in [-0.3, -0.25) is 0 Å². The fraction of sp³-hybridized carbons (Fsp3) is 0. The van der Waals surface area contributed by atoms with Gasteiger partial charge >= 0.3 is 0 Å². The molecule has 0 amide bonds. The van der Waals surface area contributed by atoms with Gasteiger partial charge in [0.1, 0.15) is 11.3 Å². The average Bonchev–Trinajstić information content (AvgIpc) is 2.84. The number of fused-ring (bicyclic) bond motifs is 1. The Bertz CT molecular complexity index is 598. The van der Waals surface area contributed by atoms with Gasteiger partial charge in [-0.25, -0.2) is 4.98 Å². The number of imidazole rings is 1. The van der Waals surface area contributed by atoms with Crippen molar-refractivity contribution >= 4 is 17.2 Å². The number of halogens is 1. The number of aromatic nitrogens is 2. The molecule has 0 atom stereocenters. The molecule has 0 bridgehead atoms. The summed E-state index contributed by atoms with van der Waals surface area (Å²) in [7, 11) is 0. The van der Waals surface area contributed by atoms with Crippen molar-refractivity contribution < 1.29 is 4.42 Å². The summed E-state index contributed by atoms with van der Waals surface area (Å²) in [6.45, 7) is 0. The van der Waals surface area contributed by atoms with Crippen LogP contribution in [0.25, 0.3) is 17.1 Å². The maximum absolute atomic E-state index is 5.88. The molecule has 0 aliphatic rings. The average molecular weight is 219 g/mol. The molecule has 0 unspecified atom stereocenters. The van der Waals surface area contributed by atoms with E-state index in [9.17, 15) is 0 Å². The fourth-order valence-electron chi connectivity index (χ4n) is 1.50. The van der Waals surface area contributed by atoms with Crippen LogP contribution in [-0.2, 0) is 0 Å². The number of hydrogen-bond donors (Lipinski definition) is 0. The molecule has 15 heavy (non-hydrogen) atoms. The molecule has 3 heterocycles. The van der Waals surface area contributed by atoms with E-state index in [0.29, 0.717) is 5.02 Å². The van der Waals surface area contributed by atoms with Crippen LogP contribution in [0.15, 0.2) is 47.3 Å². The minimum Gasteiger partial charge on any atom is -0.463 e. The standard InChI is InChI=1S/C11H7ClN2O/c12-8-3-4-14-7-9(13-11(14)6-8)10-2-1-5-15-10/h1-7H. The number of hydrogen-bond acceptors (Lipinski definition) is 2. The normalized spacial score (nSPS) is 11.0. The second kappa shape index (κ2) is 3.14. The molecule has 3 rings (SSSR count). The lowest BCUT2D eigenvalue weighted by molar-refractivity contribution is 0.580. The summed E-state index contributed by atoms with van der Waals surface area (Å²) < 4.78 is 7.18. The molecular weight excluding hydrogens is 212 g/mol. The second-order valence-electron chi connectivity index (χ2n) is 3.21. The van der Waals surface area contributed by atoms with Gasteiger partial charge in [0, 0.05) is 23.5 Å². The third-order valence-corrected chi connectivity index (χ3v) is 2.43. The Labute approximate surface area is 90.9 Å². The smallest absolute Gasteiger partial charge is 0.153 e. The zero-order valence-electron chi connectivity index (χ0n) is 7.72. The number of pyridine rings is 1. The number of rotatable bonds is 1. The van der Waals surface area contributed by atoms with E-state index in [-0.39, 0.29) is 0 Å². The molecule has 0 radical (unpaired) electrons. The summed E-state index contributed by atoms with van der Waals surface area (Å²) in [6.07, 6.45) is 5.41. The molecule has 74 valence electrons. The van der Waals surface area contributed by atoms with Crippen molar-refractivity contribution in [2.24, 2.45) is 0 Å². The van der Waals surface area contributed by atoms with Crippen molar-refractivity contribution in [3.63, 3.8) is 0 Å². The van der Waals surface area contributed by atoms with Crippen molar-refractivity contribution in [3.05, 3.63) is 47.9 Å². The number of nitrogens with zero attached hydrogens (tertiary/aromatic N) is 2. The van der Waals surface area contributed by atoms with Gasteiger partial charge in [0.2, 0.25) is 0 Å². The highest BCUT2D eigenvalue weighted by atomic mass is 35.5. The first kappa shape index (κ1) is 8.56. The van der Waals surface area contributed by atoms with E-state index >= 15 is 0 Å². The molecular formula is C11H7ClN2O. The van der Waals surface area contributed by atoms with Crippen LogP contribution < -0.4 is 0 Å². The van der Waals surface area contributed by atoms with Gasteiger partial charge in [0.25, 0.3) is 0 Å². The Morgan fingerprint density at radius 2 is 2.27 bits per heavy atom. The van der Waals surface area contributed by atoms with Crippen LogP contribution in [0.1, 0.15) is 0 Å². The molecule has 4 heteroatoms. The lowest BCUT2D eigenvalue weighted by atomic mass is 10.4. The van der Waals surface area contributed by atoms with Gasteiger partial charge in [-0.15, -0.1) is 0 Å². The van der Waals surface area contributed by atoms with E-state index in [1.54, 1.807) is 6.26 Å². The summed E-state index contributed by atoms with van der Waals surface area (Å²) in [5.41, 5.74) is 1.62.